The third-order valence-corrected chi connectivity index (χ3v) is 3.80. The van der Waals surface area contributed by atoms with Crippen molar-refractivity contribution in [2.24, 2.45) is 0 Å². The van der Waals surface area contributed by atoms with Gasteiger partial charge < -0.3 is 9.73 Å². The Labute approximate surface area is 125 Å². The molecule has 0 saturated heterocycles. The lowest BCUT2D eigenvalue weighted by atomic mass is 10.0. The maximum absolute atomic E-state index is 13.3. The first kappa shape index (κ1) is 14.6. The molecule has 0 bridgehead atoms. The predicted molar refractivity (Wildman–Crippen MR) is 77.9 cm³/mol. The van der Waals surface area contributed by atoms with E-state index >= 15 is 0 Å². The standard InChI is InChI=1S/C14H14BrClFNO/c1-2-18-12(13-5-6-14(16)19-13)8-9-7-10(17)3-4-11(9)15/h3-7,12,18H,2,8H2,1H3. The molecule has 1 unspecified atom stereocenters. The van der Waals surface area contributed by atoms with E-state index in [1.165, 1.54) is 12.1 Å². The lowest BCUT2D eigenvalue weighted by molar-refractivity contribution is 0.416. The minimum absolute atomic E-state index is 0.0319. The van der Waals surface area contributed by atoms with Crippen LogP contribution in [0, 0.1) is 5.82 Å². The van der Waals surface area contributed by atoms with Crippen molar-refractivity contribution in [3.8, 4) is 0 Å². The van der Waals surface area contributed by atoms with Crippen LogP contribution >= 0.6 is 27.5 Å². The zero-order chi connectivity index (χ0) is 13.8. The molecule has 1 N–H and O–H groups in total. The van der Waals surface area contributed by atoms with E-state index in [-0.39, 0.29) is 11.9 Å². The molecule has 0 amide bonds. The third kappa shape index (κ3) is 3.81. The fourth-order valence-corrected chi connectivity index (χ4v) is 2.52. The molecule has 102 valence electrons. The second kappa shape index (κ2) is 6.55. The molecule has 2 aromatic rings. The summed E-state index contributed by atoms with van der Waals surface area (Å²) in [6.07, 6.45) is 0.621. The number of likely N-dealkylation sites (N-methyl/N-ethyl adjacent to an activating group) is 1. The van der Waals surface area contributed by atoms with E-state index < -0.39 is 0 Å². The normalized spacial score (nSPS) is 12.6. The summed E-state index contributed by atoms with van der Waals surface area (Å²) in [6, 6.07) is 8.18. The fourth-order valence-electron chi connectivity index (χ4n) is 1.95. The molecule has 0 aliphatic heterocycles. The summed E-state index contributed by atoms with van der Waals surface area (Å²) in [5.41, 5.74) is 0.887. The van der Waals surface area contributed by atoms with Crippen molar-refractivity contribution in [3.05, 3.63) is 57.2 Å². The Morgan fingerprint density at radius 1 is 1.37 bits per heavy atom. The van der Waals surface area contributed by atoms with E-state index in [0.29, 0.717) is 11.6 Å². The van der Waals surface area contributed by atoms with Gasteiger partial charge >= 0.3 is 0 Å². The first-order chi connectivity index (χ1) is 9.10. The third-order valence-electron chi connectivity index (χ3n) is 2.82. The van der Waals surface area contributed by atoms with Gasteiger partial charge in [0.05, 0.1) is 6.04 Å². The van der Waals surface area contributed by atoms with Crippen LogP contribution in [0.25, 0.3) is 0 Å². The number of hydrogen-bond acceptors (Lipinski definition) is 2. The van der Waals surface area contributed by atoms with Crippen LogP contribution in [0.5, 0.6) is 0 Å². The van der Waals surface area contributed by atoms with E-state index in [0.717, 1.165) is 22.3 Å². The molecule has 1 aromatic heterocycles. The molecule has 19 heavy (non-hydrogen) atoms. The van der Waals surface area contributed by atoms with Gasteiger partial charge in [-0.2, -0.15) is 0 Å². The minimum atomic E-state index is -0.245. The molecule has 1 aromatic carbocycles. The smallest absolute Gasteiger partial charge is 0.193 e. The van der Waals surface area contributed by atoms with Gasteiger partial charge in [-0.05, 0) is 60.5 Å². The van der Waals surface area contributed by atoms with Crippen molar-refractivity contribution < 1.29 is 8.81 Å². The Kier molecular flexibility index (Phi) is 5.02. The number of hydrogen-bond donors (Lipinski definition) is 1. The molecule has 0 radical (unpaired) electrons. The Balaban J connectivity index is 2.23. The van der Waals surface area contributed by atoms with E-state index in [1.807, 2.05) is 13.0 Å². The van der Waals surface area contributed by atoms with Crippen molar-refractivity contribution in [1.29, 1.82) is 0 Å². The van der Waals surface area contributed by atoms with Crippen molar-refractivity contribution in [3.63, 3.8) is 0 Å². The van der Waals surface area contributed by atoms with Crippen LogP contribution < -0.4 is 5.32 Å². The molecule has 0 fully saturated rings. The number of halogens is 3. The minimum Gasteiger partial charge on any atom is -0.448 e. The summed E-state index contributed by atoms with van der Waals surface area (Å²) in [7, 11) is 0. The van der Waals surface area contributed by atoms with E-state index in [1.54, 1.807) is 12.1 Å². The highest BCUT2D eigenvalue weighted by molar-refractivity contribution is 9.10. The van der Waals surface area contributed by atoms with Gasteiger partial charge in [-0.3, -0.25) is 0 Å². The quantitative estimate of drug-likeness (QED) is 0.847. The van der Waals surface area contributed by atoms with Crippen LogP contribution in [0.2, 0.25) is 5.22 Å². The van der Waals surface area contributed by atoms with Crippen LogP contribution in [0.15, 0.2) is 39.2 Å². The van der Waals surface area contributed by atoms with Crippen LogP contribution in [0.1, 0.15) is 24.3 Å². The maximum Gasteiger partial charge on any atom is 0.193 e. The van der Waals surface area contributed by atoms with Gasteiger partial charge in [-0.15, -0.1) is 0 Å². The maximum atomic E-state index is 13.3. The summed E-state index contributed by atoms with van der Waals surface area (Å²) in [5, 5.41) is 3.67. The van der Waals surface area contributed by atoms with Gasteiger partial charge in [0.1, 0.15) is 11.6 Å². The monoisotopic (exact) mass is 345 g/mol. The van der Waals surface area contributed by atoms with Crippen molar-refractivity contribution in [2.45, 2.75) is 19.4 Å². The number of nitrogens with one attached hydrogen (secondary N) is 1. The average Bonchev–Trinajstić information content (AvgIpc) is 2.80. The summed E-state index contributed by atoms with van der Waals surface area (Å²) in [5.74, 6) is 0.508. The van der Waals surface area contributed by atoms with Crippen molar-refractivity contribution in [1.82, 2.24) is 5.32 Å². The summed E-state index contributed by atoms with van der Waals surface area (Å²) < 4.78 is 19.6. The Morgan fingerprint density at radius 2 is 2.16 bits per heavy atom. The van der Waals surface area contributed by atoms with Crippen molar-refractivity contribution >= 4 is 27.5 Å². The summed E-state index contributed by atoms with van der Waals surface area (Å²) in [4.78, 5) is 0. The second-order valence-corrected chi connectivity index (χ2v) is 5.42. The predicted octanol–water partition coefficient (Wildman–Crippen LogP) is 4.73. The van der Waals surface area contributed by atoms with Crippen LogP contribution in [0.4, 0.5) is 4.39 Å². The van der Waals surface area contributed by atoms with Gasteiger partial charge in [-0.25, -0.2) is 4.39 Å². The number of furan rings is 1. The molecule has 1 atom stereocenters. The van der Waals surface area contributed by atoms with Crippen molar-refractivity contribution in [2.75, 3.05) is 6.54 Å². The molecule has 1 heterocycles. The number of benzene rings is 1. The first-order valence-electron chi connectivity index (χ1n) is 6.02. The fraction of sp³-hybridized carbons (Fsp3) is 0.286. The molecular formula is C14H14BrClFNO. The van der Waals surface area contributed by atoms with E-state index in [9.17, 15) is 4.39 Å². The average molecular weight is 347 g/mol. The molecule has 2 nitrogen and oxygen atoms in total. The highest BCUT2D eigenvalue weighted by Crippen LogP contribution is 2.27. The van der Waals surface area contributed by atoms with Gasteiger partial charge in [0, 0.05) is 4.47 Å². The summed E-state index contributed by atoms with van der Waals surface area (Å²) >= 11 is 9.24. The molecule has 0 aliphatic carbocycles. The lowest BCUT2D eigenvalue weighted by Crippen LogP contribution is -2.22. The molecule has 5 heteroatoms. The zero-order valence-electron chi connectivity index (χ0n) is 10.4. The van der Waals surface area contributed by atoms with Crippen LogP contribution in [-0.4, -0.2) is 6.54 Å². The number of rotatable bonds is 5. The van der Waals surface area contributed by atoms with Crippen LogP contribution in [0.3, 0.4) is 0 Å². The highest BCUT2D eigenvalue weighted by atomic mass is 79.9. The Morgan fingerprint density at radius 3 is 2.79 bits per heavy atom. The SMILES string of the molecule is CCNC(Cc1cc(F)ccc1Br)c1ccc(Cl)o1. The molecule has 2 rings (SSSR count). The second-order valence-electron chi connectivity index (χ2n) is 4.19. The summed E-state index contributed by atoms with van der Waals surface area (Å²) in [6.45, 7) is 2.80. The molecular weight excluding hydrogens is 333 g/mol. The van der Waals surface area contributed by atoms with Gasteiger partial charge in [0.15, 0.2) is 5.22 Å². The first-order valence-corrected chi connectivity index (χ1v) is 7.19. The molecule has 0 aliphatic rings. The van der Waals surface area contributed by atoms with Gasteiger partial charge in [0.25, 0.3) is 0 Å². The topological polar surface area (TPSA) is 25.2 Å². The Bertz CT molecular complexity index is 558. The Hall–Kier alpha value is -0.840. The largest absolute Gasteiger partial charge is 0.448 e. The molecule has 0 spiro atoms. The zero-order valence-corrected chi connectivity index (χ0v) is 12.8. The van der Waals surface area contributed by atoms with Crippen LogP contribution in [-0.2, 0) is 6.42 Å². The highest BCUT2D eigenvalue weighted by Gasteiger charge is 2.17. The van der Waals surface area contributed by atoms with E-state index in [2.05, 4.69) is 21.2 Å². The lowest BCUT2D eigenvalue weighted by Gasteiger charge is -2.16. The van der Waals surface area contributed by atoms with Gasteiger partial charge in [0.2, 0.25) is 0 Å². The molecule has 0 saturated carbocycles. The van der Waals surface area contributed by atoms with E-state index in [4.69, 9.17) is 16.0 Å². The van der Waals surface area contributed by atoms with Gasteiger partial charge in [-0.1, -0.05) is 22.9 Å².